The number of carbonyl (C=O) groups is 1. The standard InChI is InChI=1S/C14H18O2/c1-12(2)14(15)10-6-7-11-16-13-8-4-3-5-9-13/h3-5,8-9H,1,6-7,10-11H2,2H3. The summed E-state index contributed by atoms with van der Waals surface area (Å²) in [5.41, 5.74) is 0.643. The first kappa shape index (κ1) is 12.5. The molecule has 1 aromatic carbocycles. The van der Waals surface area contributed by atoms with Gasteiger partial charge in [0.2, 0.25) is 0 Å². The molecular formula is C14H18O2. The van der Waals surface area contributed by atoms with Gasteiger partial charge in [0.15, 0.2) is 5.78 Å². The Hall–Kier alpha value is -1.57. The van der Waals surface area contributed by atoms with Gasteiger partial charge in [0, 0.05) is 6.42 Å². The zero-order valence-electron chi connectivity index (χ0n) is 9.74. The van der Waals surface area contributed by atoms with Crippen LogP contribution in [0, 0.1) is 0 Å². The molecule has 0 bridgehead atoms. The van der Waals surface area contributed by atoms with Crippen molar-refractivity contribution in [1.29, 1.82) is 0 Å². The van der Waals surface area contributed by atoms with Crippen LogP contribution in [-0.4, -0.2) is 12.4 Å². The number of benzene rings is 1. The highest BCUT2D eigenvalue weighted by atomic mass is 16.5. The molecule has 0 amide bonds. The summed E-state index contributed by atoms with van der Waals surface area (Å²) in [7, 11) is 0. The average molecular weight is 218 g/mol. The topological polar surface area (TPSA) is 26.3 Å². The average Bonchev–Trinajstić information content (AvgIpc) is 2.29. The number of hydrogen-bond acceptors (Lipinski definition) is 2. The van der Waals surface area contributed by atoms with Crippen LogP contribution >= 0.6 is 0 Å². The van der Waals surface area contributed by atoms with E-state index in [2.05, 4.69) is 6.58 Å². The van der Waals surface area contributed by atoms with Crippen LogP contribution in [0.4, 0.5) is 0 Å². The van der Waals surface area contributed by atoms with Crippen molar-refractivity contribution in [2.24, 2.45) is 0 Å². The Morgan fingerprint density at radius 1 is 1.25 bits per heavy atom. The zero-order valence-corrected chi connectivity index (χ0v) is 9.74. The maximum atomic E-state index is 11.2. The first-order valence-electron chi connectivity index (χ1n) is 5.56. The third-order valence-electron chi connectivity index (χ3n) is 2.29. The van der Waals surface area contributed by atoms with Crippen LogP contribution in [0.5, 0.6) is 5.75 Å². The Morgan fingerprint density at radius 2 is 1.94 bits per heavy atom. The molecule has 0 saturated heterocycles. The Labute approximate surface area is 96.9 Å². The van der Waals surface area contributed by atoms with Crippen LogP contribution in [0.3, 0.4) is 0 Å². The van der Waals surface area contributed by atoms with Crippen molar-refractivity contribution in [3.8, 4) is 5.75 Å². The number of Topliss-reactive ketones (excluding diaryl/α,β-unsaturated/α-hetero) is 1. The highest BCUT2D eigenvalue weighted by Crippen LogP contribution is 2.09. The minimum atomic E-state index is 0.153. The highest BCUT2D eigenvalue weighted by Gasteiger charge is 2.01. The molecule has 0 N–H and O–H groups in total. The van der Waals surface area contributed by atoms with E-state index < -0.39 is 0 Å². The SMILES string of the molecule is C=C(C)C(=O)CCCCOc1ccccc1. The van der Waals surface area contributed by atoms with Crippen LogP contribution in [0.15, 0.2) is 42.5 Å². The molecule has 0 aromatic heterocycles. The van der Waals surface area contributed by atoms with Gasteiger partial charge in [0.25, 0.3) is 0 Å². The van der Waals surface area contributed by atoms with Gasteiger partial charge in [0.05, 0.1) is 6.61 Å². The van der Waals surface area contributed by atoms with E-state index in [1.165, 1.54) is 0 Å². The lowest BCUT2D eigenvalue weighted by molar-refractivity contribution is -0.115. The van der Waals surface area contributed by atoms with E-state index in [9.17, 15) is 4.79 Å². The highest BCUT2D eigenvalue weighted by molar-refractivity contribution is 5.93. The van der Waals surface area contributed by atoms with Crippen LogP contribution < -0.4 is 4.74 Å². The molecule has 2 nitrogen and oxygen atoms in total. The van der Waals surface area contributed by atoms with E-state index in [-0.39, 0.29) is 5.78 Å². The molecule has 0 fully saturated rings. The number of ether oxygens (including phenoxy) is 1. The number of unbranched alkanes of at least 4 members (excludes halogenated alkanes) is 1. The zero-order chi connectivity index (χ0) is 11.8. The molecule has 0 saturated carbocycles. The van der Waals surface area contributed by atoms with Gasteiger partial charge in [-0.3, -0.25) is 4.79 Å². The molecule has 0 spiro atoms. The van der Waals surface area contributed by atoms with Crippen molar-refractivity contribution in [3.05, 3.63) is 42.5 Å². The second kappa shape index (κ2) is 6.83. The summed E-state index contributed by atoms with van der Waals surface area (Å²) in [5, 5.41) is 0. The van der Waals surface area contributed by atoms with Gasteiger partial charge in [-0.05, 0) is 37.5 Å². The fourth-order valence-corrected chi connectivity index (χ4v) is 1.31. The van der Waals surface area contributed by atoms with Gasteiger partial charge < -0.3 is 4.74 Å². The van der Waals surface area contributed by atoms with Crippen LogP contribution in [-0.2, 0) is 4.79 Å². The van der Waals surface area contributed by atoms with Gasteiger partial charge >= 0.3 is 0 Å². The molecule has 16 heavy (non-hydrogen) atoms. The summed E-state index contributed by atoms with van der Waals surface area (Å²) in [5.74, 6) is 1.04. The van der Waals surface area contributed by atoms with E-state index in [0.29, 0.717) is 18.6 Å². The fourth-order valence-electron chi connectivity index (χ4n) is 1.31. The summed E-state index contributed by atoms with van der Waals surface area (Å²) in [6, 6.07) is 9.70. The molecule has 2 heteroatoms. The normalized spacial score (nSPS) is 9.81. The lowest BCUT2D eigenvalue weighted by Gasteiger charge is -2.05. The minimum Gasteiger partial charge on any atom is -0.494 e. The maximum Gasteiger partial charge on any atom is 0.157 e. The van der Waals surface area contributed by atoms with Crippen molar-refractivity contribution in [1.82, 2.24) is 0 Å². The number of ketones is 1. The molecular weight excluding hydrogens is 200 g/mol. The lowest BCUT2D eigenvalue weighted by atomic mass is 10.1. The van der Waals surface area contributed by atoms with E-state index in [4.69, 9.17) is 4.74 Å². The lowest BCUT2D eigenvalue weighted by Crippen LogP contribution is -2.01. The monoisotopic (exact) mass is 218 g/mol. The molecule has 0 aliphatic rings. The predicted molar refractivity (Wildman–Crippen MR) is 65.6 cm³/mol. The Morgan fingerprint density at radius 3 is 2.56 bits per heavy atom. The second-order valence-corrected chi connectivity index (χ2v) is 3.82. The van der Waals surface area contributed by atoms with Crippen LogP contribution in [0.2, 0.25) is 0 Å². The Kier molecular flexibility index (Phi) is 5.34. The summed E-state index contributed by atoms with van der Waals surface area (Å²) < 4.78 is 5.51. The van der Waals surface area contributed by atoms with Crippen LogP contribution in [0.25, 0.3) is 0 Å². The van der Waals surface area contributed by atoms with Gasteiger partial charge in [0.1, 0.15) is 5.75 Å². The van der Waals surface area contributed by atoms with Crippen molar-refractivity contribution >= 4 is 5.78 Å². The number of hydrogen-bond donors (Lipinski definition) is 0. The molecule has 0 aliphatic heterocycles. The number of para-hydroxylation sites is 1. The van der Waals surface area contributed by atoms with Gasteiger partial charge in [-0.15, -0.1) is 0 Å². The van der Waals surface area contributed by atoms with Gasteiger partial charge in [-0.25, -0.2) is 0 Å². The number of carbonyl (C=O) groups excluding carboxylic acids is 1. The molecule has 0 aliphatic carbocycles. The van der Waals surface area contributed by atoms with Gasteiger partial charge in [-0.2, -0.15) is 0 Å². The molecule has 1 aromatic rings. The molecule has 1 rings (SSSR count). The van der Waals surface area contributed by atoms with Gasteiger partial charge in [-0.1, -0.05) is 24.8 Å². The molecule has 0 atom stereocenters. The third-order valence-corrected chi connectivity index (χ3v) is 2.29. The van der Waals surface area contributed by atoms with E-state index in [1.54, 1.807) is 6.92 Å². The van der Waals surface area contributed by atoms with E-state index in [1.807, 2.05) is 30.3 Å². The van der Waals surface area contributed by atoms with E-state index >= 15 is 0 Å². The summed E-state index contributed by atoms with van der Waals surface area (Å²) in [6.07, 6.45) is 2.33. The van der Waals surface area contributed by atoms with Crippen molar-refractivity contribution in [2.45, 2.75) is 26.2 Å². The summed E-state index contributed by atoms with van der Waals surface area (Å²) in [4.78, 5) is 11.2. The minimum absolute atomic E-state index is 0.153. The molecule has 0 radical (unpaired) electrons. The molecule has 0 heterocycles. The quantitative estimate of drug-likeness (QED) is 0.518. The van der Waals surface area contributed by atoms with Crippen LogP contribution in [0.1, 0.15) is 26.2 Å². The first-order chi connectivity index (χ1) is 7.70. The molecule has 0 unspecified atom stereocenters. The smallest absolute Gasteiger partial charge is 0.157 e. The molecule has 86 valence electrons. The van der Waals surface area contributed by atoms with Crippen molar-refractivity contribution < 1.29 is 9.53 Å². The summed E-state index contributed by atoms with van der Waals surface area (Å²) >= 11 is 0. The van der Waals surface area contributed by atoms with E-state index in [0.717, 1.165) is 18.6 Å². The first-order valence-corrected chi connectivity index (χ1v) is 5.56. The fraction of sp³-hybridized carbons (Fsp3) is 0.357. The van der Waals surface area contributed by atoms with Crippen molar-refractivity contribution in [2.75, 3.05) is 6.61 Å². The predicted octanol–water partition coefficient (Wildman–Crippen LogP) is 3.38. The maximum absolute atomic E-state index is 11.2. The Bertz CT molecular complexity index is 341. The largest absolute Gasteiger partial charge is 0.494 e. The third kappa shape index (κ3) is 4.78. The number of rotatable bonds is 7. The van der Waals surface area contributed by atoms with Crippen molar-refractivity contribution in [3.63, 3.8) is 0 Å². The Balaban J connectivity index is 2.09. The second-order valence-electron chi connectivity index (χ2n) is 3.82. The summed E-state index contributed by atoms with van der Waals surface area (Å²) in [6.45, 7) is 6.03. The number of allylic oxidation sites excluding steroid dienone is 1.